The normalized spacial score (nSPS) is 12.3. The molecule has 0 aliphatic heterocycles. The third-order valence-electron chi connectivity index (χ3n) is 2.53. The van der Waals surface area contributed by atoms with Gasteiger partial charge in [0.05, 0.1) is 10.5 Å². The lowest BCUT2D eigenvalue weighted by Crippen LogP contribution is -2.13. The van der Waals surface area contributed by atoms with Gasteiger partial charge in [0.15, 0.2) is 0 Å². The van der Waals surface area contributed by atoms with Crippen LogP contribution >= 0.6 is 11.6 Å². The summed E-state index contributed by atoms with van der Waals surface area (Å²) in [4.78, 5) is 2.36. The maximum absolute atomic E-state index is 12.8. The molecule has 0 saturated carbocycles. The standard InChI is InChI=1S/C11H10ClF3N2/c1-16-5-7-6-3-2-4-8(12)9(6)17-10(7)11(13,14)15/h2-4,16-17H,5H2,1H3. The summed E-state index contributed by atoms with van der Waals surface area (Å²) in [6.07, 6.45) is -4.41. The van der Waals surface area contributed by atoms with Crippen LogP contribution in [0.25, 0.3) is 10.9 Å². The SMILES string of the molecule is CNCc1c(C(F)(F)F)[nH]c2c(Cl)cccc12. The van der Waals surface area contributed by atoms with Crippen LogP contribution in [-0.4, -0.2) is 12.0 Å². The first-order chi connectivity index (χ1) is 7.95. The van der Waals surface area contributed by atoms with Gasteiger partial charge < -0.3 is 10.3 Å². The van der Waals surface area contributed by atoms with E-state index >= 15 is 0 Å². The average Bonchev–Trinajstić information content (AvgIpc) is 2.59. The average molecular weight is 263 g/mol. The quantitative estimate of drug-likeness (QED) is 0.851. The zero-order valence-electron chi connectivity index (χ0n) is 8.95. The molecular weight excluding hydrogens is 253 g/mol. The predicted molar refractivity (Wildman–Crippen MR) is 61.1 cm³/mol. The van der Waals surface area contributed by atoms with E-state index in [0.29, 0.717) is 10.9 Å². The van der Waals surface area contributed by atoms with Crippen molar-refractivity contribution in [3.63, 3.8) is 0 Å². The summed E-state index contributed by atoms with van der Waals surface area (Å²) in [6, 6.07) is 4.82. The highest BCUT2D eigenvalue weighted by molar-refractivity contribution is 6.35. The van der Waals surface area contributed by atoms with Gasteiger partial charge in [-0.05, 0) is 13.1 Å². The molecule has 2 N–H and O–H groups in total. The van der Waals surface area contributed by atoms with Crippen LogP contribution in [0.1, 0.15) is 11.3 Å². The summed E-state index contributed by atoms with van der Waals surface area (Å²) < 4.78 is 38.5. The van der Waals surface area contributed by atoms with E-state index in [9.17, 15) is 13.2 Å². The van der Waals surface area contributed by atoms with Crippen molar-refractivity contribution in [3.05, 3.63) is 34.5 Å². The van der Waals surface area contributed by atoms with Gasteiger partial charge in [-0.25, -0.2) is 0 Å². The van der Waals surface area contributed by atoms with E-state index in [1.807, 2.05) is 0 Å². The van der Waals surface area contributed by atoms with Crippen molar-refractivity contribution in [2.75, 3.05) is 7.05 Å². The fourth-order valence-corrected chi connectivity index (χ4v) is 2.06. The molecule has 0 bridgehead atoms. The first kappa shape index (κ1) is 12.3. The van der Waals surface area contributed by atoms with Gasteiger partial charge >= 0.3 is 6.18 Å². The van der Waals surface area contributed by atoms with Crippen LogP contribution < -0.4 is 5.32 Å². The molecular formula is C11H10ClF3N2. The molecule has 1 heterocycles. The van der Waals surface area contributed by atoms with Crippen LogP contribution in [0, 0.1) is 0 Å². The molecule has 17 heavy (non-hydrogen) atoms. The van der Waals surface area contributed by atoms with Crippen molar-refractivity contribution in [1.29, 1.82) is 0 Å². The molecule has 2 aromatic rings. The summed E-state index contributed by atoms with van der Waals surface area (Å²) in [7, 11) is 1.60. The first-order valence-electron chi connectivity index (χ1n) is 4.96. The molecule has 0 aliphatic rings. The fraction of sp³-hybridized carbons (Fsp3) is 0.273. The molecule has 0 atom stereocenters. The molecule has 1 aromatic heterocycles. The summed E-state index contributed by atoms with van der Waals surface area (Å²) in [5.41, 5.74) is -0.223. The van der Waals surface area contributed by atoms with Crippen molar-refractivity contribution in [3.8, 4) is 0 Å². The number of alkyl halides is 3. The molecule has 2 rings (SSSR count). The number of benzene rings is 1. The Labute approximate surface area is 101 Å². The van der Waals surface area contributed by atoms with Gasteiger partial charge in [-0.3, -0.25) is 0 Å². The number of H-pyrrole nitrogens is 1. The van der Waals surface area contributed by atoms with E-state index in [1.165, 1.54) is 0 Å². The second-order valence-electron chi connectivity index (χ2n) is 3.67. The van der Waals surface area contributed by atoms with E-state index in [0.717, 1.165) is 0 Å². The van der Waals surface area contributed by atoms with Gasteiger partial charge in [0.1, 0.15) is 5.69 Å². The Morgan fingerprint density at radius 2 is 2.06 bits per heavy atom. The van der Waals surface area contributed by atoms with Gasteiger partial charge in [0.25, 0.3) is 0 Å². The number of hydrogen-bond acceptors (Lipinski definition) is 1. The van der Waals surface area contributed by atoms with E-state index in [4.69, 9.17) is 11.6 Å². The minimum absolute atomic E-state index is 0.134. The van der Waals surface area contributed by atoms with Crippen molar-refractivity contribution in [2.24, 2.45) is 0 Å². The van der Waals surface area contributed by atoms with Crippen molar-refractivity contribution >= 4 is 22.5 Å². The Bertz CT molecular complexity index is 545. The summed E-state index contributed by atoms with van der Waals surface area (Å²) in [6.45, 7) is 0.134. The molecule has 0 unspecified atom stereocenters. The molecule has 0 saturated heterocycles. The molecule has 0 spiro atoms. The van der Waals surface area contributed by atoms with E-state index in [-0.39, 0.29) is 17.1 Å². The third-order valence-corrected chi connectivity index (χ3v) is 2.84. The summed E-state index contributed by atoms with van der Waals surface area (Å²) in [5, 5.41) is 3.52. The highest BCUT2D eigenvalue weighted by atomic mass is 35.5. The van der Waals surface area contributed by atoms with E-state index < -0.39 is 11.9 Å². The fourth-order valence-electron chi connectivity index (χ4n) is 1.84. The lowest BCUT2D eigenvalue weighted by molar-refractivity contribution is -0.141. The second kappa shape index (κ2) is 4.23. The lowest BCUT2D eigenvalue weighted by Gasteiger charge is -2.07. The predicted octanol–water partition coefficient (Wildman–Crippen LogP) is 3.56. The minimum Gasteiger partial charge on any atom is -0.350 e. The van der Waals surface area contributed by atoms with Gasteiger partial charge in [-0.15, -0.1) is 0 Å². The number of aromatic nitrogens is 1. The van der Waals surface area contributed by atoms with E-state index in [2.05, 4.69) is 10.3 Å². The summed E-state index contributed by atoms with van der Waals surface area (Å²) in [5.74, 6) is 0. The van der Waals surface area contributed by atoms with Crippen molar-refractivity contribution in [1.82, 2.24) is 10.3 Å². The smallest absolute Gasteiger partial charge is 0.350 e. The number of para-hydroxylation sites is 1. The Kier molecular flexibility index (Phi) is 3.05. The van der Waals surface area contributed by atoms with Crippen molar-refractivity contribution < 1.29 is 13.2 Å². The largest absolute Gasteiger partial charge is 0.431 e. The molecule has 1 aromatic carbocycles. The van der Waals surface area contributed by atoms with Crippen LogP contribution in [-0.2, 0) is 12.7 Å². The molecule has 0 radical (unpaired) electrons. The van der Waals surface area contributed by atoms with Crippen LogP contribution in [0.2, 0.25) is 5.02 Å². The third kappa shape index (κ3) is 2.12. The number of hydrogen-bond donors (Lipinski definition) is 2. The van der Waals surface area contributed by atoms with Gasteiger partial charge in [0, 0.05) is 17.5 Å². The Hall–Kier alpha value is -1.20. The summed E-state index contributed by atoms with van der Waals surface area (Å²) >= 11 is 5.87. The van der Waals surface area contributed by atoms with Gasteiger partial charge in [-0.1, -0.05) is 23.7 Å². The van der Waals surface area contributed by atoms with Crippen molar-refractivity contribution in [2.45, 2.75) is 12.7 Å². The molecule has 0 aliphatic carbocycles. The molecule has 0 amide bonds. The van der Waals surface area contributed by atoms with Gasteiger partial charge in [0.2, 0.25) is 0 Å². The zero-order chi connectivity index (χ0) is 12.6. The van der Waals surface area contributed by atoms with Crippen LogP contribution in [0.4, 0.5) is 13.2 Å². The number of nitrogens with one attached hydrogen (secondary N) is 2. The molecule has 6 heteroatoms. The Morgan fingerprint density at radius 1 is 1.35 bits per heavy atom. The second-order valence-corrected chi connectivity index (χ2v) is 4.08. The monoisotopic (exact) mass is 262 g/mol. The number of fused-ring (bicyclic) bond motifs is 1. The minimum atomic E-state index is -4.41. The Balaban J connectivity index is 2.75. The van der Waals surface area contributed by atoms with Crippen LogP contribution in [0.5, 0.6) is 0 Å². The molecule has 2 nitrogen and oxygen atoms in total. The Morgan fingerprint density at radius 3 is 2.65 bits per heavy atom. The first-order valence-corrected chi connectivity index (χ1v) is 5.34. The lowest BCUT2D eigenvalue weighted by atomic mass is 10.1. The number of aromatic amines is 1. The zero-order valence-corrected chi connectivity index (χ0v) is 9.71. The number of rotatable bonds is 2. The highest BCUT2D eigenvalue weighted by Crippen LogP contribution is 2.37. The topological polar surface area (TPSA) is 27.8 Å². The molecule has 0 fully saturated rings. The molecule has 92 valence electrons. The maximum atomic E-state index is 12.8. The van der Waals surface area contributed by atoms with E-state index in [1.54, 1.807) is 25.2 Å². The van der Waals surface area contributed by atoms with Crippen LogP contribution in [0.15, 0.2) is 18.2 Å². The maximum Gasteiger partial charge on any atom is 0.431 e. The van der Waals surface area contributed by atoms with Gasteiger partial charge in [-0.2, -0.15) is 13.2 Å². The highest BCUT2D eigenvalue weighted by Gasteiger charge is 2.36. The van der Waals surface area contributed by atoms with Crippen LogP contribution in [0.3, 0.4) is 0 Å². The number of halogens is 4.